The minimum Gasteiger partial charge on any atom is -0.378 e. The second kappa shape index (κ2) is 8.73. The SMILES string of the molecule is CC(C(=O)N1CCN(c2cc(N3CCOCC3)ncn2)CC1)c1ccccc1F. The largest absolute Gasteiger partial charge is 0.378 e. The molecule has 1 amide bonds. The average Bonchev–Trinajstić information content (AvgIpc) is 2.79. The summed E-state index contributed by atoms with van der Waals surface area (Å²) in [6, 6.07) is 8.49. The Kier molecular flexibility index (Phi) is 5.89. The van der Waals surface area contributed by atoms with Gasteiger partial charge in [0.1, 0.15) is 23.8 Å². The predicted molar refractivity (Wildman–Crippen MR) is 109 cm³/mol. The summed E-state index contributed by atoms with van der Waals surface area (Å²) in [5.74, 6) is 0.922. The summed E-state index contributed by atoms with van der Waals surface area (Å²) in [6.07, 6.45) is 1.60. The first kappa shape index (κ1) is 19.6. The van der Waals surface area contributed by atoms with E-state index < -0.39 is 5.92 Å². The van der Waals surface area contributed by atoms with E-state index in [1.807, 2.05) is 11.0 Å². The molecule has 4 rings (SSSR count). The van der Waals surface area contributed by atoms with Gasteiger partial charge in [0.25, 0.3) is 0 Å². The van der Waals surface area contributed by atoms with Gasteiger partial charge in [-0.05, 0) is 18.6 Å². The fourth-order valence-corrected chi connectivity index (χ4v) is 3.86. The highest BCUT2D eigenvalue weighted by atomic mass is 19.1. The number of hydrogen-bond donors (Lipinski definition) is 0. The van der Waals surface area contributed by atoms with Gasteiger partial charge in [0.05, 0.1) is 19.1 Å². The van der Waals surface area contributed by atoms with E-state index in [4.69, 9.17) is 4.74 Å². The fraction of sp³-hybridized carbons (Fsp3) is 0.476. The standard InChI is InChI=1S/C21H26FN5O2/c1-16(17-4-2-3-5-18(17)22)21(28)27-8-6-25(7-9-27)19-14-20(24-15-23-19)26-10-12-29-13-11-26/h2-5,14-16H,6-13H2,1H3. The molecule has 0 spiro atoms. The Hall–Kier alpha value is -2.74. The number of nitrogens with zero attached hydrogens (tertiary/aromatic N) is 5. The van der Waals surface area contributed by atoms with Gasteiger partial charge >= 0.3 is 0 Å². The smallest absolute Gasteiger partial charge is 0.230 e. The lowest BCUT2D eigenvalue weighted by Gasteiger charge is -2.37. The number of rotatable bonds is 4. The zero-order valence-corrected chi connectivity index (χ0v) is 16.6. The average molecular weight is 399 g/mol. The Morgan fingerprint density at radius 3 is 2.28 bits per heavy atom. The third-order valence-corrected chi connectivity index (χ3v) is 5.63. The molecule has 8 heteroatoms. The molecule has 3 heterocycles. The van der Waals surface area contributed by atoms with E-state index >= 15 is 0 Å². The van der Waals surface area contributed by atoms with E-state index in [1.54, 1.807) is 31.5 Å². The summed E-state index contributed by atoms with van der Waals surface area (Å²) in [5, 5.41) is 0. The summed E-state index contributed by atoms with van der Waals surface area (Å²) < 4.78 is 19.4. The van der Waals surface area contributed by atoms with Gasteiger partial charge in [-0.1, -0.05) is 18.2 Å². The third-order valence-electron chi connectivity index (χ3n) is 5.63. The molecule has 7 nitrogen and oxygen atoms in total. The van der Waals surface area contributed by atoms with E-state index in [0.717, 1.165) is 24.7 Å². The number of benzene rings is 1. The van der Waals surface area contributed by atoms with Gasteiger partial charge < -0.3 is 19.4 Å². The van der Waals surface area contributed by atoms with Crippen LogP contribution in [0.3, 0.4) is 0 Å². The minimum atomic E-state index is -0.491. The number of morpholine rings is 1. The van der Waals surface area contributed by atoms with Crippen molar-refractivity contribution in [3.05, 3.63) is 48.0 Å². The van der Waals surface area contributed by atoms with Crippen LogP contribution in [0.25, 0.3) is 0 Å². The molecule has 0 bridgehead atoms. The summed E-state index contributed by atoms with van der Waals surface area (Å²) in [5.41, 5.74) is 0.450. The maximum atomic E-state index is 14.0. The molecule has 0 N–H and O–H groups in total. The number of piperazine rings is 1. The Labute approximate surface area is 170 Å². The van der Waals surface area contributed by atoms with Crippen molar-refractivity contribution in [1.29, 1.82) is 0 Å². The molecule has 0 saturated carbocycles. The highest BCUT2D eigenvalue weighted by Gasteiger charge is 2.28. The second-order valence-electron chi connectivity index (χ2n) is 7.39. The number of carbonyl (C=O) groups is 1. The van der Waals surface area contributed by atoms with E-state index in [9.17, 15) is 9.18 Å². The quantitative estimate of drug-likeness (QED) is 0.783. The second-order valence-corrected chi connectivity index (χ2v) is 7.39. The molecular formula is C21H26FN5O2. The van der Waals surface area contributed by atoms with Gasteiger partial charge in [-0.15, -0.1) is 0 Å². The number of hydrogen-bond acceptors (Lipinski definition) is 6. The molecule has 0 radical (unpaired) electrons. The van der Waals surface area contributed by atoms with Crippen molar-refractivity contribution in [1.82, 2.24) is 14.9 Å². The molecule has 1 atom stereocenters. The van der Waals surface area contributed by atoms with Crippen LogP contribution in [-0.4, -0.2) is 73.3 Å². The molecule has 1 aromatic heterocycles. The van der Waals surface area contributed by atoms with Crippen LogP contribution in [0.5, 0.6) is 0 Å². The molecule has 1 unspecified atom stereocenters. The van der Waals surface area contributed by atoms with E-state index in [2.05, 4.69) is 19.8 Å². The maximum absolute atomic E-state index is 14.0. The first-order chi connectivity index (χ1) is 14.1. The van der Waals surface area contributed by atoms with Gasteiger partial charge in [0.15, 0.2) is 0 Å². The van der Waals surface area contributed by atoms with Crippen molar-refractivity contribution in [3.8, 4) is 0 Å². The topological polar surface area (TPSA) is 61.8 Å². The highest BCUT2D eigenvalue weighted by molar-refractivity contribution is 5.83. The van der Waals surface area contributed by atoms with Crippen LogP contribution >= 0.6 is 0 Å². The molecule has 2 aliphatic rings. The van der Waals surface area contributed by atoms with Crippen molar-refractivity contribution in [3.63, 3.8) is 0 Å². The summed E-state index contributed by atoms with van der Waals surface area (Å²) in [4.78, 5) is 27.9. The van der Waals surface area contributed by atoms with E-state index in [1.165, 1.54) is 6.07 Å². The van der Waals surface area contributed by atoms with Gasteiger partial charge in [-0.3, -0.25) is 4.79 Å². The third kappa shape index (κ3) is 4.32. The van der Waals surface area contributed by atoms with Crippen molar-refractivity contribution in [2.45, 2.75) is 12.8 Å². The Balaban J connectivity index is 1.38. The Morgan fingerprint density at radius 1 is 1.00 bits per heavy atom. The van der Waals surface area contributed by atoms with Gasteiger partial charge in [0, 0.05) is 45.3 Å². The molecule has 2 fully saturated rings. The van der Waals surface area contributed by atoms with Crippen LogP contribution in [0.15, 0.2) is 36.7 Å². The first-order valence-electron chi connectivity index (χ1n) is 10.1. The lowest BCUT2D eigenvalue weighted by atomic mass is 9.99. The normalized spacial score (nSPS) is 18.6. The summed E-state index contributed by atoms with van der Waals surface area (Å²) in [7, 11) is 0. The zero-order valence-electron chi connectivity index (χ0n) is 16.6. The van der Waals surface area contributed by atoms with Gasteiger partial charge in [-0.2, -0.15) is 0 Å². The van der Waals surface area contributed by atoms with Crippen LogP contribution in [0.1, 0.15) is 18.4 Å². The first-order valence-corrected chi connectivity index (χ1v) is 10.1. The van der Waals surface area contributed by atoms with Crippen molar-refractivity contribution in [2.24, 2.45) is 0 Å². The summed E-state index contributed by atoms with van der Waals surface area (Å²) >= 11 is 0. The number of aromatic nitrogens is 2. The molecule has 1 aromatic carbocycles. The van der Waals surface area contributed by atoms with Gasteiger partial charge in [0.2, 0.25) is 5.91 Å². The monoisotopic (exact) mass is 399 g/mol. The number of ether oxygens (including phenoxy) is 1. The predicted octanol–water partition coefficient (Wildman–Crippen LogP) is 1.90. The Bertz CT molecular complexity index is 850. The molecule has 0 aliphatic carbocycles. The van der Waals surface area contributed by atoms with Crippen LogP contribution in [0.2, 0.25) is 0 Å². The number of amides is 1. The maximum Gasteiger partial charge on any atom is 0.230 e. The summed E-state index contributed by atoms with van der Waals surface area (Å²) in [6.45, 7) is 7.40. The number of anilines is 2. The van der Waals surface area contributed by atoms with E-state index in [0.29, 0.717) is 45.0 Å². The van der Waals surface area contributed by atoms with Crippen LogP contribution in [-0.2, 0) is 9.53 Å². The minimum absolute atomic E-state index is 0.0357. The lowest BCUT2D eigenvalue weighted by molar-refractivity contribution is -0.132. The fourth-order valence-electron chi connectivity index (χ4n) is 3.86. The molecule has 2 aliphatic heterocycles. The number of carbonyl (C=O) groups excluding carboxylic acids is 1. The molecule has 29 heavy (non-hydrogen) atoms. The van der Waals surface area contributed by atoms with Crippen molar-refractivity contribution >= 4 is 17.5 Å². The van der Waals surface area contributed by atoms with Crippen LogP contribution in [0.4, 0.5) is 16.0 Å². The molecular weight excluding hydrogens is 373 g/mol. The Morgan fingerprint density at radius 2 is 1.62 bits per heavy atom. The van der Waals surface area contributed by atoms with Gasteiger partial charge in [-0.25, -0.2) is 14.4 Å². The molecule has 2 aromatic rings. The highest BCUT2D eigenvalue weighted by Crippen LogP contribution is 2.23. The lowest BCUT2D eigenvalue weighted by Crippen LogP contribution is -2.50. The number of halogens is 1. The van der Waals surface area contributed by atoms with Crippen LogP contribution in [0, 0.1) is 5.82 Å². The molecule has 2 saturated heterocycles. The van der Waals surface area contributed by atoms with Crippen LogP contribution < -0.4 is 9.80 Å². The van der Waals surface area contributed by atoms with E-state index in [-0.39, 0.29) is 11.7 Å². The zero-order chi connectivity index (χ0) is 20.2. The van der Waals surface area contributed by atoms with Crippen molar-refractivity contribution in [2.75, 3.05) is 62.3 Å². The molecule has 154 valence electrons. The van der Waals surface area contributed by atoms with Crippen molar-refractivity contribution < 1.29 is 13.9 Å².